The molecule has 0 unspecified atom stereocenters. The summed E-state index contributed by atoms with van der Waals surface area (Å²) in [6.45, 7) is 4.63. The van der Waals surface area contributed by atoms with Crippen molar-refractivity contribution in [3.05, 3.63) is 28.7 Å². The zero-order valence-corrected chi connectivity index (χ0v) is 9.25. The number of nitrogens with zero attached hydrogens (tertiary/aromatic N) is 3. The van der Waals surface area contributed by atoms with Crippen LogP contribution in [-0.2, 0) is 16.9 Å². The Bertz CT molecular complexity index is 547. The van der Waals surface area contributed by atoms with E-state index in [1.807, 2.05) is 20.0 Å². The summed E-state index contributed by atoms with van der Waals surface area (Å²) in [6.07, 6.45) is 1.83. The molecule has 0 bridgehead atoms. The number of aromatic nitrogens is 3. The molecular formula is C10H10ClN3O. The quantitative estimate of drug-likeness (QED) is 0.687. The highest BCUT2D eigenvalue weighted by Crippen LogP contribution is 2.35. The van der Waals surface area contributed by atoms with E-state index in [0.29, 0.717) is 11.8 Å². The van der Waals surface area contributed by atoms with E-state index in [4.69, 9.17) is 16.3 Å². The van der Waals surface area contributed by atoms with Crippen molar-refractivity contribution in [2.45, 2.75) is 26.1 Å². The van der Waals surface area contributed by atoms with Gasteiger partial charge in [0, 0.05) is 17.8 Å². The lowest BCUT2D eigenvalue weighted by Gasteiger charge is -2.18. The fourth-order valence-corrected chi connectivity index (χ4v) is 2.19. The number of rotatable bonds is 0. The number of hydrogen-bond acceptors (Lipinski definition) is 3. The first-order chi connectivity index (χ1) is 7.08. The Hall–Kier alpha value is -1.13. The fourth-order valence-electron chi connectivity index (χ4n) is 2.01. The summed E-state index contributed by atoms with van der Waals surface area (Å²) in [4.78, 5) is 4.28. The van der Waals surface area contributed by atoms with Crippen LogP contribution in [0.3, 0.4) is 0 Å². The second-order valence-electron chi connectivity index (χ2n) is 4.17. The van der Waals surface area contributed by atoms with Gasteiger partial charge in [0.1, 0.15) is 5.60 Å². The molecular weight excluding hydrogens is 214 g/mol. The zero-order valence-electron chi connectivity index (χ0n) is 8.49. The van der Waals surface area contributed by atoms with Gasteiger partial charge in [-0.25, -0.2) is 9.50 Å². The molecule has 0 amide bonds. The number of fused-ring (bicyclic) bond motifs is 3. The van der Waals surface area contributed by atoms with Gasteiger partial charge in [-0.15, -0.1) is 0 Å². The van der Waals surface area contributed by atoms with E-state index in [0.717, 1.165) is 16.9 Å². The molecule has 2 aromatic rings. The molecule has 78 valence electrons. The summed E-state index contributed by atoms with van der Waals surface area (Å²) in [6, 6.07) is 1.75. The Morgan fingerprint density at radius 3 is 3.13 bits per heavy atom. The van der Waals surface area contributed by atoms with Gasteiger partial charge in [-0.2, -0.15) is 5.10 Å². The van der Waals surface area contributed by atoms with Crippen LogP contribution in [0.4, 0.5) is 0 Å². The summed E-state index contributed by atoms with van der Waals surface area (Å²) < 4.78 is 7.45. The molecule has 1 aliphatic heterocycles. The summed E-state index contributed by atoms with van der Waals surface area (Å²) in [5, 5.41) is 4.68. The van der Waals surface area contributed by atoms with Crippen LogP contribution in [0.15, 0.2) is 12.3 Å². The molecule has 0 spiro atoms. The molecule has 0 N–H and O–H groups in total. The SMILES string of the molecule is CC1(C)OCc2cnc3cc(Cl)nn3c21. The van der Waals surface area contributed by atoms with E-state index in [1.165, 1.54) is 0 Å². The second kappa shape index (κ2) is 2.71. The summed E-state index contributed by atoms with van der Waals surface area (Å²) in [5.41, 5.74) is 2.55. The predicted octanol–water partition coefficient (Wildman–Crippen LogP) is 2.15. The first-order valence-electron chi connectivity index (χ1n) is 4.75. The van der Waals surface area contributed by atoms with Gasteiger partial charge < -0.3 is 4.74 Å². The van der Waals surface area contributed by atoms with Crippen LogP contribution in [-0.4, -0.2) is 14.6 Å². The molecule has 5 heteroatoms. The summed E-state index contributed by atoms with van der Waals surface area (Å²) in [5.74, 6) is 0. The highest BCUT2D eigenvalue weighted by Gasteiger charge is 2.34. The van der Waals surface area contributed by atoms with E-state index in [9.17, 15) is 0 Å². The van der Waals surface area contributed by atoms with Crippen molar-refractivity contribution in [1.82, 2.24) is 14.6 Å². The van der Waals surface area contributed by atoms with Gasteiger partial charge in [0.15, 0.2) is 10.8 Å². The van der Waals surface area contributed by atoms with Gasteiger partial charge in [0.25, 0.3) is 0 Å². The third-order valence-corrected chi connectivity index (χ3v) is 2.87. The average Bonchev–Trinajstić information content (AvgIpc) is 2.65. The van der Waals surface area contributed by atoms with Crippen LogP contribution in [0.1, 0.15) is 25.1 Å². The van der Waals surface area contributed by atoms with Crippen LogP contribution in [0, 0.1) is 0 Å². The highest BCUT2D eigenvalue weighted by atomic mass is 35.5. The van der Waals surface area contributed by atoms with Gasteiger partial charge in [0.05, 0.1) is 12.3 Å². The molecule has 0 atom stereocenters. The van der Waals surface area contributed by atoms with Crippen molar-refractivity contribution in [2.24, 2.45) is 0 Å². The van der Waals surface area contributed by atoms with Crippen LogP contribution in [0.2, 0.25) is 5.15 Å². The van der Waals surface area contributed by atoms with E-state index in [2.05, 4.69) is 10.1 Å². The maximum absolute atomic E-state index is 5.87. The Morgan fingerprint density at radius 2 is 2.33 bits per heavy atom. The average molecular weight is 224 g/mol. The molecule has 4 nitrogen and oxygen atoms in total. The molecule has 0 radical (unpaired) electrons. The first kappa shape index (κ1) is 9.12. The molecule has 0 saturated heterocycles. The molecule has 1 aliphatic rings. The molecule has 0 saturated carbocycles. The van der Waals surface area contributed by atoms with Crippen molar-refractivity contribution in [2.75, 3.05) is 0 Å². The summed E-state index contributed by atoms with van der Waals surface area (Å²) in [7, 11) is 0. The van der Waals surface area contributed by atoms with Crippen molar-refractivity contribution < 1.29 is 4.74 Å². The van der Waals surface area contributed by atoms with E-state index in [1.54, 1.807) is 10.6 Å². The van der Waals surface area contributed by atoms with Crippen molar-refractivity contribution >= 4 is 17.2 Å². The molecule has 0 fully saturated rings. The topological polar surface area (TPSA) is 39.4 Å². The standard InChI is InChI=1S/C10H10ClN3O/c1-10(2)9-6(5-15-10)4-12-8-3-7(11)13-14(8)9/h3-4H,5H2,1-2H3. The third kappa shape index (κ3) is 1.18. The minimum atomic E-state index is -0.328. The lowest BCUT2D eigenvalue weighted by molar-refractivity contribution is -0.0111. The largest absolute Gasteiger partial charge is 0.364 e. The van der Waals surface area contributed by atoms with Crippen molar-refractivity contribution in [3.63, 3.8) is 0 Å². The monoisotopic (exact) mass is 223 g/mol. The second-order valence-corrected chi connectivity index (χ2v) is 4.56. The predicted molar refractivity (Wildman–Crippen MR) is 55.8 cm³/mol. The number of halogens is 1. The van der Waals surface area contributed by atoms with Gasteiger partial charge in [-0.3, -0.25) is 0 Å². The highest BCUT2D eigenvalue weighted by molar-refractivity contribution is 6.29. The first-order valence-corrected chi connectivity index (χ1v) is 5.13. The Kier molecular flexibility index (Phi) is 1.65. The molecule has 0 aromatic carbocycles. The molecule has 2 aromatic heterocycles. The third-order valence-electron chi connectivity index (χ3n) is 2.69. The van der Waals surface area contributed by atoms with Crippen LogP contribution in [0.25, 0.3) is 5.65 Å². The smallest absolute Gasteiger partial charge is 0.156 e. The van der Waals surface area contributed by atoms with Gasteiger partial charge in [-0.1, -0.05) is 11.6 Å². The normalized spacial score (nSPS) is 18.3. The Morgan fingerprint density at radius 1 is 1.53 bits per heavy atom. The molecule has 3 heterocycles. The lowest BCUT2D eigenvalue weighted by Crippen LogP contribution is -2.19. The fraction of sp³-hybridized carbons (Fsp3) is 0.400. The maximum atomic E-state index is 5.87. The summed E-state index contributed by atoms with van der Waals surface area (Å²) >= 11 is 5.87. The molecule has 0 aliphatic carbocycles. The Balaban J connectivity index is 2.42. The minimum absolute atomic E-state index is 0.328. The van der Waals surface area contributed by atoms with E-state index in [-0.39, 0.29) is 5.60 Å². The molecule has 15 heavy (non-hydrogen) atoms. The zero-order chi connectivity index (χ0) is 10.6. The minimum Gasteiger partial charge on any atom is -0.364 e. The van der Waals surface area contributed by atoms with Crippen molar-refractivity contribution in [1.29, 1.82) is 0 Å². The van der Waals surface area contributed by atoms with E-state index >= 15 is 0 Å². The number of hydrogen-bond donors (Lipinski definition) is 0. The maximum Gasteiger partial charge on any atom is 0.156 e. The van der Waals surface area contributed by atoms with Gasteiger partial charge in [-0.05, 0) is 13.8 Å². The Labute approximate surface area is 91.8 Å². The van der Waals surface area contributed by atoms with Crippen molar-refractivity contribution in [3.8, 4) is 0 Å². The lowest BCUT2D eigenvalue weighted by atomic mass is 10.0. The van der Waals surface area contributed by atoms with Crippen LogP contribution >= 0.6 is 11.6 Å². The van der Waals surface area contributed by atoms with Gasteiger partial charge in [0.2, 0.25) is 0 Å². The van der Waals surface area contributed by atoms with Crippen LogP contribution < -0.4 is 0 Å². The molecule has 3 rings (SSSR count). The number of ether oxygens (including phenoxy) is 1. The van der Waals surface area contributed by atoms with E-state index < -0.39 is 0 Å². The van der Waals surface area contributed by atoms with Crippen LogP contribution in [0.5, 0.6) is 0 Å². The van der Waals surface area contributed by atoms with Gasteiger partial charge >= 0.3 is 0 Å².